The highest BCUT2D eigenvalue weighted by Crippen LogP contribution is 2.22. The molecule has 6 atom stereocenters. The van der Waals surface area contributed by atoms with Gasteiger partial charge in [-0.2, -0.15) is 0 Å². The Balaban J connectivity index is 2.29. The van der Waals surface area contributed by atoms with Gasteiger partial charge in [-0.25, -0.2) is 0 Å². The van der Waals surface area contributed by atoms with Gasteiger partial charge in [0.05, 0.1) is 19.8 Å². The second-order valence-corrected chi connectivity index (χ2v) is 15.4. The molecule has 1 aliphatic heterocycles. The zero-order valence-corrected chi connectivity index (χ0v) is 37.4. The minimum Gasteiger partial charge on any atom is -0.457 e. The fourth-order valence-corrected chi connectivity index (χ4v) is 6.41. The Morgan fingerprint density at radius 3 is 1.45 bits per heavy atom. The number of hydrogen-bond donors (Lipinski definition) is 4. The van der Waals surface area contributed by atoms with Crippen molar-refractivity contribution in [2.75, 3.05) is 26.4 Å². The van der Waals surface area contributed by atoms with E-state index in [9.17, 15) is 25.2 Å². The Bertz CT molecular complexity index is 1230. The number of aliphatic hydroxyl groups excluding tert-OH is 4. The highest BCUT2D eigenvalue weighted by molar-refractivity contribution is 5.69. The average molecular weight is 841 g/mol. The van der Waals surface area contributed by atoms with Crippen LogP contribution in [0, 0.1) is 0 Å². The van der Waals surface area contributed by atoms with Crippen LogP contribution in [-0.2, 0) is 23.7 Å². The third kappa shape index (κ3) is 31.9. The maximum absolute atomic E-state index is 12.8. The second kappa shape index (κ2) is 41.5. The number of hydrogen-bond acceptors (Lipinski definition) is 9. The molecular formula is C51H84O9. The number of esters is 1. The SMILES string of the molecule is CC/C=C\C/C=C\C/C=C\C/C=C\C/C=C\CCCCCCCC(=O)OC(COCCCCCCCC/C=C\C/C=C\C/C=C\CC)COC1OC(CO)C(O)C(O)C1O. The Hall–Kier alpha value is -2.89. The normalized spacial score (nSPS) is 20.9. The van der Waals surface area contributed by atoms with Crippen LogP contribution in [0.15, 0.2) is 97.2 Å². The van der Waals surface area contributed by atoms with E-state index in [2.05, 4.69) is 111 Å². The summed E-state index contributed by atoms with van der Waals surface area (Å²) in [5.41, 5.74) is 0. The van der Waals surface area contributed by atoms with E-state index in [4.69, 9.17) is 18.9 Å². The molecule has 9 heteroatoms. The Morgan fingerprint density at radius 1 is 0.533 bits per heavy atom. The predicted molar refractivity (Wildman–Crippen MR) is 246 cm³/mol. The van der Waals surface area contributed by atoms with Crippen LogP contribution in [0.2, 0.25) is 0 Å². The van der Waals surface area contributed by atoms with E-state index in [1.807, 2.05) is 0 Å². The van der Waals surface area contributed by atoms with E-state index in [0.717, 1.165) is 116 Å². The Kier molecular flexibility index (Phi) is 38.1. The van der Waals surface area contributed by atoms with E-state index in [0.29, 0.717) is 6.61 Å². The molecule has 0 aliphatic carbocycles. The number of unbranched alkanes of at least 4 members (excludes halogenated alkanes) is 11. The largest absolute Gasteiger partial charge is 0.457 e. The molecule has 1 heterocycles. The molecule has 0 aromatic rings. The average Bonchev–Trinajstić information content (AvgIpc) is 3.25. The number of carbonyl (C=O) groups is 1. The van der Waals surface area contributed by atoms with Crippen LogP contribution in [0.25, 0.3) is 0 Å². The van der Waals surface area contributed by atoms with Crippen LogP contribution in [0.3, 0.4) is 0 Å². The predicted octanol–water partition coefficient (Wildman–Crippen LogP) is 10.8. The van der Waals surface area contributed by atoms with Gasteiger partial charge in [-0.15, -0.1) is 0 Å². The first-order valence-corrected chi connectivity index (χ1v) is 23.3. The van der Waals surface area contributed by atoms with Crippen molar-refractivity contribution in [2.24, 2.45) is 0 Å². The third-order valence-electron chi connectivity index (χ3n) is 10.00. The van der Waals surface area contributed by atoms with Gasteiger partial charge in [0, 0.05) is 13.0 Å². The van der Waals surface area contributed by atoms with E-state index >= 15 is 0 Å². The lowest BCUT2D eigenvalue weighted by Gasteiger charge is -2.39. The molecular weight excluding hydrogens is 757 g/mol. The van der Waals surface area contributed by atoms with Crippen LogP contribution in [-0.4, -0.2) is 89.6 Å². The molecule has 0 bridgehead atoms. The van der Waals surface area contributed by atoms with Crippen molar-refractivity contribution >= 4 is 5.97 Å². The summed E-state index contributed by atoms with van der Waals surface area (Å²) in [7, 11) is 0. The van der Waals surface area contributed by atoms with Crippen molar-refractivity contribution in [1.29, 1.82) is 0 Å². The van der Waals surface area contributed by atoms with E-state index in [-0.39, 0.29) is 25.6 Å². The molecule has 342 valence electrons. The summed E-state index contributed by atoms with van der Waals surface area (Å²) >= 11 is 0. The highest BCUT2D eigenvalue weighted by Gasteiger charge is 2.44. The van der Waals surface area contributed by atoms with Crippen molar-refractivity contribution in [2.45, 2.75) is 192 Å². The minimum absolute atomic E-state index is 0.121. The Morgan fingerprint density at radius 2 is 0.967 bits per heavy atom. The number of aliphatic hydroxyl groups is 4. The second-order valence-electron chi connectivity index (χ2n) is 15.4. The molecule has 4 N–H and O–H groups in total. The molecule has 0 saturated carbocycles. The molecule has 1 rings (SSSR count). The van der Waals surface area contributed by atoms with Crippen LogP contribution < -0.4 is 0 Å². The van der Waals surface area contributed by atoms with Crippen molar-refractivity contribution in [3.8, 4) is 0 Å². The monoisotopic (exact) mass is 841 g/mol. The molecule has 1 aliphatic rings. The summed E-state index contributed by atoms with van der Waals surface area (Å²) < 4.78 is 22.8. The quantitative estimate of drug-likeness (QED) is 0.0272. The summed E-state index contributed by atoms with van der Waals surface area (Å²) in [5, 5.41) is 40.2. The molecule has 0 aromatic heterocycles. The number of ether oxygens (including phenoxy) is 4. The molecule has 0 amide bonds. The maximum atomic E-state index is 12.8. The van der Waals surface area contributed by atoms with E-state index in [1.165, 1.54) is 19.3 Å². The maximum Gasteiger partial charge on any atom is 0.306 e. The smallest absolute Gasteiger partial charge is 0.306 e. The number of rotatable bonds is 38. The van der Waals surface area contributed by atoms with Gasteiger partial charge < -0.3 is 39.4 Å². The van der Waals surface area contributed by atoms with Crippen LogP contribution in [0.5, 0.6) is 0 Å². The lowest BCUT2D eigenvalue weighted by Crippen LogP contribution is -2.59. The lowest BCUT2D eigenvalue weighted by molar-refractivity contribution is -0.305. The number of carbonyl (C=O) groups excluding carboxylic acids is 1. The van der Waals surface area contributed by atoms with E-state index in [1.54, 1.807) is 0 Å². The molecule has 1 saturated heterocycles. The first-order valence-electron chi connectivity index (χ1n) is 23.3. The van der Waals surface area contributed by atoms with Crippen molar-refractivity contribution in [3.05, 3.63) is 97.2 Å². The van der Waals surface area contributed by atoms with Crippen LogP contribution >= 0.6 is 0 Å². The first kappa shape index (κ1) is 55.1. The van der Waals surface area contributed by atoms with Gasteiger partial charge in [0.15, 0.2) is 6.29 Å². The summed E-state index contributed by atoms with van der Waals surface area (Å²) in [6, 6.07) is 0. The van der Waals surface area contributed by atoms with Gasteiger partial charge in [-0.1, -0.05) is 156 Å². The lowest BCUT2D eigenvalue weighted by atomic mass is 9.99. The Labute approximate surface area is 364 Å². The molecule has 60 heavy (non-hydrogen) atoms. The number of allylic oxidation sites excluding steroid dienone is 16. The molecule has 1 fully saturated rings. The molecule has 0 spiro atoms. The topological polar surface area (TPSA) is 135 Å². The van der Waals surface area contributed by atoms with Gasteiger partial charge in [0.2, 0.25) is 0 Å². The van der Waals surface area contributed by atoms with Crippen molar-refractivity contribution in [1.82, 2.24) is 0 Å². The van der Waals surface area contributed by atoms with Crippen molar-refractivity contribution < 1.29 is 44.2 Å². The molecule has 0 radical (unpaired) electrons. The molecule has 9 nitrogen and oxygen atoms in total. The van der Waals surface area contributed by atoms with Gasteiger partial charge >= 0.3 is 5.97 Å². The van der Waals surface area contributed by atoms with Gasteiger partial charge in [0.1, 0.15) is 30.5 Å². The van der Waals surface area contributed by atoms with Gasteiger partial charge in [-0.05, 0) is 89.9 Å². The summed E-state index contributed by atoms with van der Waals surface area (Å²) in [6.07, 6.45) is 50.0. The zero-order valence-electron chi connectivity index (χ0n) is 37.4. The molecule has 0 aromatic carbocycles. The zero-order chi connectivity index (χ0) is 43.6. The van der Waals surface area contributed by atoms with E-state index < -0.39 is 43.4 Å². The third-order valence-corrected chi connectivity index (χ3v) is 10.00. The molecule has 6 unspecified atom stereocenters. The fourth-order valence-electron chi connectivity index (χ4n) is 6.41. The summed E-state index contributed by atoms with van der Waals surface area (Å²) in [5.74, 6) is -0.342. The minimum atomic E-state index is -1.55. The van der Waals surface area contributed by atoms with Crippen LogP contribution in [0.4, 0.5) is 0 Å². The van der Waals surface area contributed by atoms with Gasteiger partial charge in [-0.3, -0.25) is 4.79 Å². The first-order chi connectivity index (χ1) is 29.4. The summed E-state index contributed by atoms with van der Waals surface area (Å²) in [6.45, 7) is 4.26. The highest BCUT2D eigenvalue weighted by atomic mass is 16.7. The standard InChI is InChI=1S/C51H84O9/c1-3-5-7-9-11-13-15-17-19-21-22-23-24-25-26-28-30-32-34-36-38-40-47(53)59-45(44-58-51-50(56)49(55)48(54)46(42-52)60-51)43-57-41-39-37-35-33-31-29-27-20-18-16-14-12-10-8-6-4-2/h5-8,11-14,17-20,22-23,25-26,45-46,48-52,54-56H,3-4,9-10,15-16,21,24,27-44H2,1-2H3/b7-5-,8-6-,13-11-,14-12-,19-17-,20-18-,23-22-,26-25-. The fraction of sp³-hybridized carbons (Fsp3) is 0.667. The van der Waals surface area contributed by atoms with Crippen LogP contribution in [0.1, 0.15) is 155 Å². The van der Waals surface area contributed by atoms with Crippen molar-refractivity contribution in [3.63, 3.8) is 0 Å². The summed E-state index contributed by atoms with van der Waals surface area (Å²) in [4.78, 5) is 12.8. The van der Waals surface area contributed by atoms with Gasteiger partial charge in [0.25, 0.3) is 0 Å².